The van der Waals surface area contributed by atoms with Crippen molar-refractivity contribution in [2.24, 2.45) is 11.8 Å². The standard InChI is InChI=1S/C42H45N3O7/c1-25(2)38(41(49)52-37-21-11-14-28-13-5-6-15-29(28)37)44-39(47)35-20-12-22-45(35)40(48)26(3)23-36(46)27(4)43-42(50)51-24-34-32-18-9-7-16-30(32)31-17-8-10-19-33(31)34/h5-11,13-19,21,25-27,34-35,38H,12,20,22-24H2,1-4H3,(H,43,50)(H,44,47). The van der Waals surface area contributed by atoms with Crippen molar-refractivity contribution < 1.29 is 33.4 Å². The van der Waals surface area contributed by atoms with Crippen molar-refractivity contribution in [2.45, 2.75) is 71.0 Å². The van der Waals surface area contributed by atoms with Crippen molar-refractivity contribution in [3.8, 4) is 16.9 Å². The van der Waals surface area contributed by atoms with Gasteiger partial charge in [0.05, 0.1) is 6.04 Å². The van der Waals surface area contributed by atoms with Gasteiger partial charge in [0, 0.05) is 30.2 Å². The highest BCUT2D eigenvalue weighted by atomic mass is 16.5. The highest BCUT2D eigenvalue weighted by Gasteiger charge is 2.39. The fraction of sp³-hybridized carbons (Fsp3) is 0.357. The molecule has 2 N–H and O–H groups in total. The number of ether oxygens (including phenoxy) is 2. The van der Waals surface area contributed by atoms with Gasteiger partial charge in [-0.3, -0.25) is 14.4 Å². The summed E-state index contributed by atoms with van der Waals surface area (Å²) in [4.78, 5) is 68.0. The molecule has 1 heterocycles. The van der Waals surface area contributed by atoms with Crippen molar-refractivity contribution in [2.75, 3.05) is 13.2 Å². The van der Waals surface area contributed by atoms with Gasteiger partial charge in [0.1, 0.15) is 24.4 Å². The molecule has 1 fully saturated rings. The zero-order chi connectivity index (χ0) is 36.9. The lowest BCUT2D eigenvalue weighted by Gasteiger charge is -2.29. The summed E-state index contributed by atoms with van der Waals surface area (Å²) >= 11 is 0. The van der Waals surface area contributed by atoms with Gasteiger partial charge >= 0.3 is 12.1 Å². The lowest BCUT2D eigenvalue weighted by molar-refractivity contribution is -0.145. The third-order valence-corrected chi connectivity index (χ3v) is 10.1. The van der Waals surface area contributed by atoms with Crippen LogP contribution in [0.4, 0.5) is 4.79 Å². The van der Waals surface area contributed by atoms with E-state index < -0.39 is 42.0 Å². The topological polar surface area (TPSA) is 131 Å². The van der Waals surface area contributed by atoms with Crippen LogP contribution in [0.2, 0.25) is 0 Å². The predicted molar refractivity (Wildman–Crippen MR) is 198 cm³/mol. The number of fused-ring (bicyclic) bond motifs is 4. The number of Topliss-reactive ketones (excluding diaryl/α,β-unsaturated/α-hetero) is 1. The summed E-state index contributed by atoms with van der Waals surface area (Å²) < 4.78 is 11.4. The van der Waals surface area contributed by atoms with E-state index >= 15 is 0 Å². The first-order chi connectivity index (χ1) is 25.0. The van der Waals surface area contributed by atoms with Crippen LogP contribution in [-0.2, 0) is 23.9 Å². The molecule has 0 spiro atoms. The molecule has 10 heteroatoms. The quantitative estimate of drug-likeness (QED) is 0.129. The van der Waals surface area contributed by atoms with Gasteiger partial charge in [-0.05, 0) is 59.4 Å². The Balaban J connectivity index is 1.01. The highest BCUT2D eigenvalue weighted by Crippen LogP contribution is 2.44. The molecule has 0 bridgehead atoms. The average Bonchev–Trinajstić information content (AvgIpc) is 3.76. The van der Waals surface area contributed by atoms with E-state index in [1.807, 2.05) is 80.6 Å². The van der Waals surface area contributed by atoms with Crippen LogP contribution in [0.5, 0.6) is 5.75 Å². The van der Waals surface area contributed by atoms with E-state index in [-0.39, 0.29) is 36.6 Å². The van der Waals surface area contributed by atoms with Gasteiger partial charge in [0.25, 0.3) is 0 Å². The van der Waals surface area contributed by atoms with Gasteiger partial charge < -0.3 is 25.0 Å². The summed E-state index contributed by atoms with van der Waals surface area (Å²) in [6.45, 7) is 7.32. The van der Waals surface area contributed by atoms with E-state index in [0.29, 0.717) is 25.1 Å². The number of ketones is 1. The van der Waals surface area contributed by atoms with Gasteiger partial charge in [-0.25, -0.2) is 9.59 Å². The van der Waals surface area contributed by atoms with Crippen LogP contribution in [-0.4, -0.2) is 65.8 Å². The normalized spacial score (nSPS) is 16.8. The molecule has 10 nitrogen and oxygen atoms in total. The summed E-state index contributed by atoms with van der Waals surface area (Å²) in [5.74, 6) is -2.41. The summed E-state index contributed by atoms with van der Waals surface area (Å²) in [5, 5.41) is 7.16. The number of alkyl carbamates (subject to hydrolysis) is 1. The maximum Gasteiger partial charge on any atom is 0.407 e. The van der Waals surface area contributed by atoms with Gasteiger partial charge in [-0.2, -0.15) is 0 Å². The zero-order valence-corrected chi connectivity index (χ0v) is 30.0. The predicted octanol–water partition coefficient (Wildman–Crippen LogP) is 6.40. The molecule has 0 radical (unpaired) electrons. The maximum absolute atomic E-state index is 13.6. The highest BCUT2D eigenvalue weighted by molar-refractivity contribution is 5.96. The number of carbonyl (C=O) groups is 5. The number of likely N-dealkylation sites (tertiary alicyclic amines) is 1. The van der Waals surface area contributed by atoms with Crippen molar-refractivity contribution in [1.82, 2.24) is 15.5 Å². The second-order valence-electron chi connectivity index (χ2n) is 14.1. The Morgan fingerprint density at radius 2 is 1.42 bits per heavy atom. The number of hydrogen-bond acceptors (Lipinski definition) is 7. The Bertz CT molecular complexity index is 1940. The number of nitrogens with one attached hydrogen (secondary N) is 2. The summed E-state index contributed by atoms with van der Waals surface area (Å²) in [7, 11) is 0. The van der Waals surface area contributed by atoms with Crippen LogP contribution in [0, 0.1) is 11.8 Å². The lowest BCUT2D eigenvalue weighted by atomic mass is 9.98. The maximum atomic E-state index is 13.6. The number of esters is 1. The fourth-order valence-corrected chi connectivity index (χ4v) is 7.25. The zero-order valence-electron chi connectivity index (χ0n) is 30.0. The number of amides is 3. The van der Waals surface area contributed by atoms with E-state index in [0.717, 1.165) is 33.0 Å². The Labute approximate surface area is 303 Å². The van der Waals surface area contributed by atoms with Crippen molar-refractivity contribution in [3.05, 3.63) is 102 Å². The molecule has 4 unspecified atom stereocenters. The second-order valence-corrected chi connectivity index (χ2v) is 14.1. The minimum Gasteiger partial charge on any atom is -0.449 e. The second kappa shape index (κ2) is 15.8. The molecule has 0 saturated carbocycles. The van der Waals surface area contributed by atoms with Gasteiger partial charge in [0.2, 0.25) is 11.8 Å². The number of nitrogens with zero attached hydrogens (tertiary/aromatic N) is 1. The van der Waals surface area contributed by atoms with Crippen molar-refractivity contribution >= 4 is 40.4 Å². The molecule has 52 heavy (non-hydrogen) atoms. The van der Waals surface area contributed by atoms with E-state index in [4.69, 9.17) is 9.47 Å². The SMILES string of the molecule is CC(CC(=O)C(C)NC(=O)OCC1c2ccccc2-c2ccccc21)C(=O)N1CCCC1C(=O)NC(C(=O)Oc1cccc2ccccc12)C(C)C. The molecule has 3 amide bonds. The fourth-order valence-electron chi connectivity index (χ4n) is 7.25. The molecular formula is C42H45N3O7. The van der Waals surface area contributed by atoms with E-state index in [1.54, 1.807) is 26.0 Å². The number of carbonyl (C=O) groups excluding carboxylic acids is 5. The molecule has 4 aromatic carbocycles. The average molecular weight is 704 g/mol. The Morgan fingerprint density at radius 3 is 2.12 bits per heavy atom. The summed E-state index contributed by atoms with van der Waals surface area (Å²) in [5.41, 5.74) is 4.40. The van der Waals surface area contributed by atoms with Gasteiger partial charge in [-0.1, -0.05) is 106 Å². The molecule has 1 aliphatic heterocycles. The lowest BCUT2D eigenvalue weighted by Crippen LogP contribution is -2.54. The van der Waals surface area contributed by atoms with Crippen LogP contribution >= 0.6 is 0 Å². The first kappa shape index (κ1) is 36.3. The Hall–Kier alpha value is -5.51. The first-order valence-electron chi connectivity index (χ1n) is 18.0. The van der Waals surface area contributed by atoms with Crippen molar-refractivity contribution in [3.63, 3.8) is 0 Å². The smallest absolute Gasteiger partial charge is 0.407 e. The monoisotopic (exact) mass is 703 g/mol. The number of benzene rings is 4. The van der Waals surface area contributed by atoms with Crippen LogP contribution in [0.3, 0.4) is 0 Å². The third-order valence-electron chi connectivity index (χ3n) is 10.1. The minimum atomic E-state index is -0.937. The van der Waals surface area contributed by atoms with Crippen molar-refractivity contribution in [1.29, 1.82) is 0 Å². The molecule has 4 atom stereocenters. The van der Waals surface area contributed by atoms with Crippen LogP contribution in [0.15, 0.2) is 91.0 Å². The molecule has 0 aromatic heterocycles. The Morgan fingerprint density at radius 1 is 0.788 bits per heavy atom. The summed E-state index contributed by atoms with van der Waals surface area (Å²) in [6, 6.07) is 26.5. The summed E-state index contributed by atoms with van der Waals surface area (Å²) in [6.07, 6.45) is 0.204. The van der Waals surface area contributed by atoms with E-state index in [9.17, 15) is 24.0 Å². The third kappa shape index (κ3) is 7.71. The van der Waals surface area contributed by atoms with Crippen LogP contribution < -0.4 is 15.4 Å². The van der Waals surface area contributed by atoms with Crippen LogP contribution in [0.25, 0.3) is 21.9 Å². The van der Waals surface area contributed by atoms with Gasteiger partial charge in [-0.15, -0.1) is 0 Å². The molecule has 6 rings (SSSR count). The first-order valence-corrected chi connectivity index (χ1v) is 18.0. The Kier molecular flexibility index (Phi) is 11.0. The van der Waals surface area contributed by atoms with E-state index in [2.05, 4.69) is 22.8 Å². The molecule has 4 aromatic rings. The largest absolute Gasteiger partial charge is 0.449 e. The minimum absolute atomic E-state index is 0.113. The number of hydrogen-bond donors (Lipinski definition) is 2. The molecule has 1 aliphatic carbocycles. The molecular weight excluding hydrogens is 658 g/mol. The molecule has 1 saturated heterocycles. The molecule has 270 valence electrons. The molecule has 2 aliphatic rings. The van der Waals surface area contributed by atoms with Crippen LogP contribution in [0.1, 0.15) is 64.0 Å². The van der Waals surface area contributed by atoms with E-state index in [1.165, 1.54) is 4.90 Å². The van der Waals surface area contributed by atoms with Gasteiger partial charge in [0.15, 0.2) is 5.78 Å². The number of rotatable bonds is 12.